The number of benzene rings is 1. The van der Waals surface area contributed by atoms with Crippen LogP contribution in [0.15, 0.2) is 34.9 Å². The molecule has 0 radical (unpaired) electrons. The van der Waals surface area contributed by atoms with Gasteiger partial charge in [0.05, 0.1) is 32.6 Å². The van der Waals surface area contributed by atoms with E-state index < -0.39 is 5.91 Å². The first-order chi connectivity index (χ1) is 10.0. The predicted molar refractivity (Wildman–Crippen MR) is 84.6 cm³/mol. The molecule has 0 fully saturated rings. The quantitative estimate of drug-likeness (QED) is 0.776. The number of halogens is 1. The molecular weight excluding hydrogens is 332 g/mol. The van der Waals surface area contributed by atoms with Crippen molar-refractivity contribution in [3.05, 3.63) is 51.9 Å². The van der Waals surface area contributed by atoms with Crippen molar-refractivity contribution >= 4 is 32.7 Å². The molecule has 0 saturated heterocycles. The summed E-state index contributed by atoms with van der Waals surface area (Å²) in [6.45, 7) is 3.84. The van der Waals surface area contributed by atoms with Gasteiger partial charge in [-0.1, -0.05) is 18.2 Å². The lowest BCUT2D eigenvalue weighted by Crippen LogP contribution is -2.16. The van der Waals surface area contributed by atoms with Crippen LogP contribution in [0.4, 0.5) is 0 Å². The first-order valence-corrected chi connectivity index (χ1v) is 7.19. The molecule has 3 aromatic rings. The van der Waals surface area contributed by atoms with Gasteiger partial charge in [-0.25, -0.2) is 4.68 Å². The molecule has 2 aromatic heterocycles. The van der Waals surface area contributed by atoms with Crippen molar-refractivity contribution in [2.24, 2.45) is 5.73 Å². The molecule has 6 heteroatoms. The van der Waals surface area contributed by atoms with Gasteiger partial charge in [-0.2, -0.15) is 5.10 Å². The van der Waals surface area contributed by atoms with Crippen LogP contribution in [-0.4, -0.2) is 20.7 Å². The molecule has 0 aliphatic heterocycles. The van der Waals surface area contributed by atoms with Gasteiger partial charge in [0.15, 0.2) is 0 Å². The molecule has 1 aromatic carbocycles. The molecule has 2 N–H and O–H groups in total. The number of nitrogens with zero attached hydrogens (tertiary/aromatic N) is 3. The Balaban J connectivity index is 2.46. The third kappa shape index (κ3) is 2.12. The van der Waals surface area contributed by atoms with Gasteiger partial charge in [0.25, 0.3) is 5.91 Å². The van der Waals surface area contributed by atoms with E-state index in [-0.39, 0.29) is 0 Å². The van der Waals surface area contributed by atoms with E-state index in [0.29, 0.717) is 11.3 Å². The summed E-state index contributed by atoms with van der Waals surface area (Å²) in [7, 11) is 0. The highest BCUT2D eigenvalue weighted by Crippen LogP contribution is 2.29. The minimum Gasteiger partial charge on any atom is -0.365 e. The molecule has 0 bridgehead atoms. The molecule has 106 valence electrons. The Morgan fingerprint density at radius 3 is 2.62 bits per heavy atom. The summed E-state index contributed by atoms with van der Waals surface area (Å²) in [4.78, 5) is 16.1. The second-order valence-corrected chi connectivity index (χ2v) is 5.59. The second-order valence-electron chi connectivity index (χ2n) is 4.80. The number of hydrogen-bond acceptors (Lipinski definition) is 3. The zero-order valence-corrected chi connectivity index (χ0v) is 13.2. The molecule has 3 rings (SSSR count). The normalized spacial score (nSPS) is 11.0. The van der Waals surface area contributed by atoms with Crippen molar-refractivity contribution < 1.29 is 4.79 Å². The van der Waals surface area contributed by atoms with Crippen LogP contribution in [0.3, 0.4) is 0 Å². The molecule has 0 spiro atoms. The van der Waals surface area contributed by atoms with Crippen molar-refractivity contribution in [3.8, 4) is 5.69 Å². The summed E-state index contributed by atoms with van der Waals surface area (Å²) >= 11 is 3.51. The maximum atomic E-state index is 11.8. The first kappa shape index (κ1) is 13.8. The Morgan fingerprint density at radius 2 is 2.00 bits per heavy atom. The lowest BCUT2D eigenvalue weighted by molar-refractivity contribution is 0.1000. The van der Waals surface area contributed by atoms with Crippen molar-refractivity contribution in [1.82, 2.24) is 14.8 Å². The number of rotatable bonds is 2. The first-order valence-electron chi connectivity index (χ1n) is 6.40. The van der Waals surface area contributed by atoms with Gasteiger partial charge in [0, 0.05) is 11.6 Å². The van der Waals surface area contributed by atoms with Crippen molar-refractivity contribution in [2.45, 2.75) is 13.8 Å². The van der Waals surface area contributed by atoms with E-state index in [1.54, 1.807) is 4.68 Å². The van der Waals surface area contributed by atoms with Crippen molar-refractivity contribution in [3.63, 3.8) is 0 Å². The zero-order valence-electron chi connectivity index (χ0n) is 11.6. The fourth-order valence-electron chi connectivity index (χ4n) is 2.38. The summed E-state index contributed by atoms with van der Waals surface area (Å²) in [5.74, 6) is -0.521. The minimum absolute atomic E-state index is 0.354. The average molecular weight is 345 g/mol. The molecule has 0 aliphatic rings. The van der Waals surface area contributed by atoms with Gasteiger partial charge in [-0.3, -0.25) is 9.78 Å². The van der Waals surface area contributed by atoms with E-state index in [9.17, 15) is 4.79 Å². The van der Waals surface area contributed by atoms with Crippen LogP contribution in [0.2, 0.25) is 0 Å². The van der Waals surface area contributed by atoms with Crippen LogP contribution in [-0.2, 0) is 0 Å². The summed E-state index contributed by atoms with van der Waals surface area (Å²) < 4.78 is 2.66. The number of para-hydroxylation sites is 1. The van der Waals surface area contributed by atoms with E-state index in [4.69, 9.17) is 5.73 Å². The summed E-state index contributed by atoms with van der Waals surface area (Å²) in [5, 5.41) is 5.35. The van der Waals surface area contributed by atoms with Gasteiger partial charge < -0.3 is 5.73 Å². The zero-order chi connectivity index (χ0) is 15.1. The van der Waals surface area contributed by atoms with Gasteiger partial charge in [-0.15, -0.1) is 0 Å². The van der Waals surface area contributed by atoms with E-state index >= 15 is 0 Å². The number of hydrogen-bond donors (Lipinski definition) is 1. The van der Waals surface area contributed by atoms with Crippen LogP contribution in [0.5, 0.6) is 0 Å². The Hall–Kier alpha value is -2.21. The minimum atomic E-state index is -0.521. The highest BCUT2D eigenvalue weighted by Gasteiger charge is 2.19. The monoisotopic (exact) mass is 344 g/mol. The lowest BCUT2D eigenvalue weighted by Gasteiger charge is -2.12. The largest absolute Gasteiger partial charge is 0.365 e. The van der Waals surface area contributed by atoms with Crippen molar-refractivity contribution in [2.75, 3.05) is 0 Å². The fraction of sp³-hybridized carbons (Fsp3) is 0.133. The standard InChI is InChI=1S/C15H13BrN4O/c1-8-13(16)9(2)20(19-8)14-10-5-3-4-6-12(10)18-7-11(14)15(17)21/h3-7H,1-2H3,(H2,17,21). The highest BCUT2D eigenvalue weighted by atomic mass is 79.9. The molecule has 0 aliphatic carbocycles. The van der Waals surface area contributed by atoms with Crippen LogP contribution in [0.1, 0.15) is 21.7 Å². The van der Waals surface area contributed by atoms with E-state index in [1.807, 2.05) is 38.1 Å². The van der Waals surface area contributed by atoms with E-state index in [1.165, 1.54) is 6.20 Å². The number of aryl methyl sites for hydroxylation is 1. The third-order valence-corrected chi connectivity index (χ3v) is 4.57. The van der Waals surface area contributed by atoms with Crippen LogP contribution >= 0.6 is 15.9 Å². The predicted octanol–water partition coefficient (Wildman–Crippen LogP) is 2.90. The highest BCUT2D eigenvalue weighted by molar-refractivity contribution is 9.10. The Labute approximate surface area is 129 Å². The lowest BCUT2D eigenvalue weighted by atomic mass is 10.1. The van der Waals surface area contributed by atoms with Crippen LogP contribution < -0.4 is 5.73 Å². The molecular formula is C15H13BrN4O. The smallest absolute Gasteiger partial charge is 0.252 e. The molecule has 21 heavy (non-hydrogen) atoms. The Bertz CT molecular complexity index is 869. The maximum absolute atomic E-state index is 11.8. The van der Waals surface area contributed by atoms with Crippen LogP contribution in [0, 0.1) is 13.8 Å². The van der Waals surface area contributed by atoms with Crippen LogP contribution in [0.25, 0.3) is 16.6 Å². The molecule has 5 nitrogen and oxygen atoms in total. The third-order valence-electron chi connectivity index (χ3n) is 3.43. The summed E-state index contributed by atoms with van der Waals surface area (Å²) in [6, 6.07) is 7.61. The number of amides is 1. The van der Waals surface area contributed by atoms with Gasteiger partial charge in [-0.05, 0) is 35.8 Å². The summed E-state index contributed by atoms with van der Waals surface area (Å²) in [6.07, 6.45) is 1.50. The number of fused-ring (bicyclic) bond motifs is 1. The number of pyridine rings is 1. The molecule has 0 saturated carbocycles. The number of primary amides is 1. The molecule has 1 amide bonds. The fourth-order valence-corrected chi connectivity index (χ4v) is 2.62. The van der Waals surface area contributed by atoms with E-state index in [2.05, 4.69) is 26.0 Å². The number of aromatic nitrogens is 3. The Morgan fingerprint density at radius 1 is 1.29 bits per heavy atom. The number of carbonyl (C=O) groups is 1. The molecule has 2 heterocycles. The SMILES string of the molecule is Cc1nn(-c2c(C(N)=O)cnc3ccccc23)c(C)c1Br. The topological polar surface area (TPSA) is 73.8 Å². The Kier molecular flexibility index (Phi) is 3.25. The number of carbonyl (C=O) groups excluding carboxylic acids is 1. The number of nitrogens with two attached hydrogens (primary N) is 1. The maximum Gasteiger partial charge on any atom is 0.252 e. The van der Waals surface area contributed by atoms with Crippen molar-refractivity contribution in [1.29, 1.82) is 0 Å². The van der Waals surface area contributed by atoms with Gasteiger partial charge in [0.2, 0.25) is 0 Å². The van der Waals surface area contributed by atoms with E-state index in [0.717, 1.165) is 26.8 Å². The van der Waals surface area contributed by atoms with Gasteiger partial charge in [0.1, 0.15) is 0 Å². The van der Waals surface area contributed by atoms with Gasteiger partial charge >= 0.3 is 0 Å². The second kappa shape index (κ2) is 4.96. The summed E-state index contributed by atoms with van der Waals surface area (Å²) in [5.41, 5.74) is 9.08. The molecule has 0 unspecified atom stereocenters. The average Bonchev–Trinajstić information content (AvgIpc) is 2.73. The molecule has 0 atom stereocenters.